The summed E-state index contributed by atoms with van der Waals surface area (Å²) in [6.07, 6.45) is 1.40. The number of benzene rings is 1. The van der Waals surface area contributed by atoms with Gasteiger partial charge in [-0.1, -0.05) is 0 Å². The summed E-state index contributed by atoms with van der Waals surface area (Å²) >= 11 is 0. The zero-order chi connectivity index (χ0) is 13.4. The first-order chi connectivity index (χ1) is 8.67. The number of ether oxygens (including phenoxy) is 2. The highest BCUT2D eigenvalue weighted by atomic mass is 16.5. The highest BCUT2D eigenvalue weighted by Gasteiger charge is 2.04. The van der Waals surface area contributed by atoms with E-state index in [9.17, 15) is 14.7 Å². The number of hydrogen-bond donors (Lipinski definition) is 1. The number of carbonyl (C=O) groups is 2. The predicted octanol–water partition coefficient (Wildman–Crippen LogP) is 1.93. The Labute approximate surface area is 105 Å². The van der Waals surface area contributed by atoms with Crippen molar-refractivity contribution in [2.24, 2.45) is 0 Å². The number of phenols is 1. The summed E-state index contributed by atoms with van der Waals surface area (Å²) in [7, 11) is 0. The Morgan fingerprint density at radius 3 is 2.83 bits per heavy atom. The third-order valence-electron chi connectivity index (χ3n) is 2.23. The molecule has 5 nitrogen and oxygen atoms in total. The molecular weight excluding hydrogens is 236 g/mol. The Morgan fingerprint density at radius 1 is 1.44 bits per heavy atom. The van der Waals surface area contributed by atoms with Gasteiger partial charge in [0.2, 0.25) is 0 Å². The Kier molecular flexibility index (Phi) is 5.70. The van der Waals surface area contributed by atoms with Crippen LogP contribution in [0.1, 0.15) is 30.1 Å². The van der Waals surface area contributed by atoms with Crippen LogP contribution in [0.2, 0.25) is 0 Å². The van der Waals surface area contributed by atoms with Crippen LogP contribution in [0, 0.1) is 0 Å². The Hall–Kier alpha value is -2.04. The van der Waals surface area contributed by atoms with Crippen LogP contribution in [0.15, 0.2) is 18.2 Å². The van der Waals surface area contributed by atoms with Gasteiger partial charge in [-0.05, 0) is 25.5 Å². The number of phenolic OH excluding ortho intramolecular Hbond substituents is 1. The number of rotatable bonds is 7. The highest BCUT2D eigenvalue weighted by Crippen LogP contribution is 2.22. The molecule has 0 amide bonds. The summed E-state index contributed by atoms with van der Waals surface area (Å²) in [5, 5.41) is 9.42. The molecule has 0 spiro atoms. The Morgan fingerprint density at radius 2 is 2.22 bits per heavy atom. The van der Waals surface area contributed by atoms with Crippen molar-refractivity contribution in [1.82, 2.24) is 0 Å². The van der Waals surface area contributed by atoms with Crippen LogP contribution in [0.5, 0.6) is 11.5 Å². The van der Waals surface area contributed by atoms with Gasteiger partial charge in [0, 0.05) is 12.5 Å². The summed E-state index contributed by atoms with van der Waals surface area (Å²) in [5.41, 5.74) is 0.217. The lowest BCUT2D eigenvalue weighted by atomic mass is 10.2. The lowest BCUT2D eigenvalue weighted by Crippen LogP contribution is -2.06. The maximum Gasteiger partial charge on any atom is 0.305 e. The van der Waals surface area contributed by atoms with Crippen molar-refractivity contribution in [2.75, 3.05) is 13.2 Å². The van der Waals surface area contributed by atoms with E-state index in [1.807, 2.05) is 0 Å². The molecule has 0 saturated heterocycles. The van der Waals surface area contributed by atoms with Gasteiger partial charge >= 0.3 is 5.97 Å². The standard InChI is InChI=1S/C13H16O5/c1-2-17-13(16)4-3-7-18-11-6-5-10(9-14)12(15)8-11/h5-6,8-9,15H,2-4,7H2,1H3. The van der Waals surface area contributed by atoms with E-state index < -0.39 is 0 Å². The molecule has 0 saturated carbocycles. The second kappa shape index (κ2) is 7.32. The quantitative estimate of drug-likeness (QED) is 0.456. The second-order valence-corrected chi connectivity index (χ2v) is 3.60. The minimum atomic E-state index is -0.250. The lowest BCUT2D eigenvalue weighted by molar-refractivity contribution is -0.143. The first-order valence-electron chi connectivity index (χ1n) is 5.74. The van der Waals surface area contributed by atoms with E-state index in [0.717, 1.165) is 0 Å². The molecule has 0 heterocycles. The number of esters is 1. The highest BCUT2D eigenvalue weighted by molar-refractivity contribution is 5.79. The van der Waals surface area contributed by atoms with Crippen LogP contribution in [0.3, 0.4) is 0 Å². The van der Waals surface area contributed by atoms with E-state index in [4.69, 9.17) is 9.47 Å². The van der Waals surface area contributed by atoms with E-state index in [2.05, 4.69) is 0 Å². The van der Waals surface area contributed by atoms with Gasteiger partial charge in [-0.3, -0.25) is 9.59 Å². The molecule has 0 aliphatic carbocycles. The summed E-state index contributed by atoms with van der Waals surface area (Å²) < 4.78 is 10.1. The normalized spacial score (nSPS) is 9.83. The minimum Gasteiger partial charge on any atom is -0.507 e. The van der Waals surface area contributed by atoms with Crippen LogP contribution in [-0.4, -0.2) is 30.6 Å². The van der Waals surface area contributed by atoms with Gasteiger partial charge < -0.3 is 14.6 Å². The molecule has 0 radical (unpaired) electrons. The van der Waals surface area contributed by atoms with Crippen molar-refractivity contribution in [2.45, 2.75) is 19.8 Å². The van der Waals surface area contributed by atoms with Crippen LogP contribution >= 0.6 is 0 Å². The first kappa shape index (κ1) is 14.0. The van der Waals surface area contributed by atoms with Gasteiger partial charge in [-0.15, -0.1) is 0 Å². The average Bonchev–Trinajstić information content (AvgIpc) is 2.35. The third kappa shape index (κ3) is 4.45. The largest absolute Gasteiger partial charge is 0.507 e. The molecule has 18 heavy (non-hydrogen) atoms. The third-order valence-corrected chi connectivity index (χ3v) is 2.23. The second-order valence-electron chi connectivity index (χ2n) is 3.60. The topological polar surface area (TPSA) is 72.8 Å². The maximum absolute atomic E-state index is 11.0. The molecular formula is C13H16O5. The summed E-state index contributed by atoms with van der Waals surface area (Å²) in [6.45, 7) is 2.48. The van der Waals surface area contributed by atoms with E-state index in [-0.39, 0.29) is 17.3 Å². The molecule has 98 valence electrons. The molecule has 1 aromatic rings. The molecule has 0 bridgehead atoms. The number of aldehydes is 1. The number of aromatic hydroxyl groups is 1. The van der Waals surface area contributed by atoms with Crippen molar-refractivity contribution in [1.29, 1.82) is 0 Å². The first-order valence-corrected chi connectivity index (χ1v) is 5.74. The predicted molar refractivity (Wildman–Crippen MR) is 64.9 cm³/mol. The van der Waals surface area contributed by atoms with E-state index >= 15 is 0 Å². The summed E-state index contributed by atoms with van der Waals surface area (Å²) in [6, 6.07) is 4.44. The molecule has 5 heteroatoms. The summed E-state index contributed by atoms with van der Waals surface area (Å²) in [4.78, 5) is 21.5. The van der Waals surface area contributed by atoms with Crippen LogP contribution in [0.4, 0.5) is 0 Å². The SMILES string of the molecule is CCOC(=O)CCCOc1ccc(C=O)c(O)c1. The van der Waals surface area contributed by atoms with Crippen LogP contribution in [0.25, 0.3) is 0 Å². The molecule has 0 aliphatic heterocycles. The smallest absolute Gasteiger partial charge is 0.305 e. The monoisotopic (exact) mass is 252 g/mol. The maximum atomic E-state index is 11.0. The van der Waals surface area contributed by atoms with Crippen LogP contribution < -0.4 is 4.74 Å². The van der Waals surface area contributed by atoms with Gasteiger partial charge in [0.15, 0.2) is 6.29 Å². The Bertz CT molecular complexity index is 414. The van der Waals surface area contributed by atoms with Crippen molar-refractivity contribution >= 4 is 12.3 Å². The lowest BCUT2D eigenvalue weighted by Gasteiger charge is -2.07. The molecule has 0 fully saturated rings. The molecule has 1 rings (SSSR count). The molecule has 0 aliphatic rings. The van der Waals surface area contributed by atoms with Crippen molar-refractivity contribution < 1.29 is 24.2 Å². The van der Waals surface area contributed by atoms with Crippen molar-refractivity contribution in [3.8, 4) is 11.5 Å². The van der Waals surface area contributed by atoms with Gasteiger partial charge in [-0.2, -0.15) is 0 Å². The molecule has 0 unspecified atom stereocenters. The number of carbonyl (C=O) groups excluding carboxylic acids is 2. The summed E-state index contributed by atoms with van der Waals surface area (Å²) in [5.74, 6) is 0.0927. The fraction of sp³-hybridized carbons (Fsp3) is 0.385. The molecule has 0 atom stereocenters. The van der Waals surface area contributed by atoms with Gasteiger partial charge in [0.25, 0.3) is 0 Å². The van der Waals surface area contributed by atoms with Gasteiger partial charge in [0.05, 0.1) is 18.8 Å². The van der Waals surface area contributed by atoms with Gasteiger partial charge in [-0.25, -0.2) is 0 Å². The zero-order valence-corrected chi connectivity index (χ0v) is 10.2. The number of hydrogen-bond acceptors (Lipinski definition) is 5. The Balaban J connectivity index is 2.33. The van der Waals surface area contributed by atoms with E-state index in [1.165, 1.54) is 12.1 Å². The van der Waals surface area contributed by atoms with Crippen molar-refractivity contribution in [3.63, 3.8) is 0 Å². The van der Waals surface area contributed by atoms with Crippen molar-refractivity contribution in [3.05, 3.63) is 23.8 Å². The zero-order valence-electron chi connectivity index (χ0n) is 10.2. The van der Waals surface area contributed by atoms with Gasteiger partial charge in [0.1, 0.15) is 11.5 Å². The minimum absolute atomic E-state index is 0.118. The molecule has 1 N–H and O–H groups in total. The van der Waals surface area contributed by atoms with Crippen LogP contribution in [-0.2, 0) is 9.53 Å². The van der Waals surface area contributed by atoms with E-state index in [0.29, 0.717) is 38.1 Å². The average molecular weight is 252 g/mol. The fourth-order valence-electron chi connectivity index (χ4n) is 1.35. The fourth-order valence-corrected chi connectivity index (χ4v) is 1.35. The molecule has 1 aromatic carbocycles. The molecule has 0 aromatic heterocycles. The van der Waals surface area contributed by atoms with E-state index in [1.54, 1.807) is 13.0 Å².